The SMILES string of the molecule is COc1ccc(C(=O)CSc2nnc(N3CCOCC3)n2CC(C)C)cc1Br. The van der Waals surface area contributed by atoms with E-state index < -0.39 is 0 Å². The molecule has 3 rings (SSSR count). The molecule has 0 radical (unpaired) electrons. The normalized spacial score (nSPS) is 14.5. The first-order chi connectivity index (χ1) is 13.5. The second-order valence-electron chi connectivity index (χ2n) is 6.95. The van der Waals surface area contributed by atoms with E-state index in [0.717, 1.165) is 35.2 Å². The Balaban J connectivity index is 1.73. The highest BCUT2D eigenvalue weighted by Crippen LogP contribution is 2.28. The molecule has 1 saturated heterocycles. The molecule has 0 bridgehead atoms. The maximum Gasteiger partial charge on any atom is 0.228 e. The second-order valence-corrected chi connectivity index (χ2v) is 8.74. The fraction of sp³-hybridized carbons (Fsp3) is 0.526. The topological polar surface area (TPSA) is 69.5 Å². The Morgan fingerprint density at radius 2 is 2.07 bits per heavy atom. The molecule has 9 heteroatoms. The van der Waals surface area contributed by atoms with E-state index >= 15 is 0 Å². The number of anilines is 1. The Kier molecular flexibility index (Phi) is 7.36. The number of carbonyl (C=O) groups excluding carboxylic acids is 1. The average Bonchev–Trinajstić information content (AvgIpc) is 3.08. The minimum absolute atomic E-state index is 0.0420. The number of aromatic nitrogens is 3. The molecule has 1 fully saturated rings. The van der Waals surface area contributed by atoms with Gasteiger partial charge >= 0.3 is 0 Å². The van der Waals surface area contributed by atoms with Crippen LogP contribution in [0.25, 0.3) is 0 Å². The number of nitrogens with zero attached hydrogens (tertiary/aromatic N) is 4. The highest BCUT2D eigenvalue weighted by molar-refractivity contribution is 9.10. The molecule has 0 saturated carbocycles. The lowest BCUT2D eigenvalue weighted by molar-refractivity contribution is 0.102. The minimum atomic E-state index is 0.0420. The van der Waals surface area contributed by atoms with E-state index in [1.54, 1.807) is 25.3 Å². The number of carbonyl (C=O) groups is 1. The van der Waals surface area contributed by atoms with Crippen LogP contribution in [-0.2, 0) is 11.3 Å². The first-order valence-corrected chi connectivity index (χ1v) is 11.0. The smallest absolute Gasteiger partial charge is 0.228 e. The van der Waals surface area contributed by atoms with Gasteiger partial charge in [0.25, 0.3) is 0 Å². The Morgan fingerprint density at radius 3 is 2.71 bits per heavy atom. The number of halogens is 1. The van der Waals surface area contributed by atoms with Crippen molar-refractivity contribution in [2.45, 2.75) is 25.5 Å². The van der Waals surface area contributed by atoms with Gasteiger partial charge in [-0.3, -0.25) is 9.36 Å². The number of ketones is 1. The molecule has 152 valence electrons. The van der Waals surface area contributed by atoms with Gasteiger partial charge in [-0.2, -0.15) is 0 Å². The third-order valence-electron chi connectivity index (χ3n) is 4.35. The van der Waals surface area contributed by atoms with Crippen LogP contribution in [-0.4, -0.2) is 59.7 Å². The Hall–Kier alpha value is -1.58. The van der Waals surface area contributed by atoms with Crippen molar-refractivity contribution in [3.05, 3.63) is 28.2 Å². The number of methoxy groups -OCH3 is 1. The van der Waals surface area contributed by atoms with Gasteiger partial charge in [-0.25, -0.2) is 0 Å². The van der Waals surface area contributed by atoms with Crippen molar-refractivity contribution < 1.29 is 14.3 Å². The fourth-order valence-corrected chi connectivity index (χ4v) is 4.34. The molecule has 0 spiro atoms. The maximum absolute atomic E-state index is 12.6. The van der Waals surface area contributed by atoms with Crippen LogP contribution in [0.5, 0.6) is 5.75 Å². The van der Waals surface area contributed by atoms with Crippen molar-refractivity contribution in [3.63, 3.8) is 0 Å². The summed E-state index contributed by atoms with van der Waals surface area (Å²) in [6, 6.07) is 5.37. The van der Waals surface area contributed by atoms with Crippen molar-refractivity contribution in [1.82, 2.24) is 14.8 Å². The second kappa shape index (κ2) is 9.76. The molecular weight excluding hydrogens is 444 g/mol. The number of morpholine rings is 1. The van der Waals surface area contributed by atoms with Crippen LogP contribution >= 0.6 is 27.7 Å². The van der Waals surface area contributed by atoms with Gasteiger partial charge in [0.15, 0.2) is 10.9 Å². The largest absolute Gasteiger partial charge is 0.496 e. The molecule has 0 aliphatic carbocycles. The van der Waals surface area contributed by atoms with E-state index in [1.165, 1.54) is 11.8 Å². The van der Waals surface area contributed by atoms with Gasteiger partial charge in [0, 0.05) is 25.2 Å². The van der Waals surface area contributed by atoms with E-state index in [0.29, 0.717) is 36.2 Å². The molecule has 1 aromatic carbocycles. The third kappa shape index (κ3) is 5.07. The van der Waals surface area contributed by atoms with Crippen LogP contribution in [0.15, 0.2) is 27.8 Å². The summed E-state index contributed by atoms with van der Waals surface area (Å²) in [6.07, 6.45) is 0. The molecule has 1 aromatic heterocycles. The molecule has 28 heavy (non-hydrogen) atoms. The standard InChI is InChI=1S/C19H25BrN4O3S/c1-13(2)11-24-18(23-6-8-27-9-7-23)21-22-19(24)28-12-16(25)14-4-5-17(26-3)15(20)10-14/h4-5,10,13H,6-9,11-12H2,1-3H3. The third-order valence-corrected chi connectivity index (χ3v) is 5.93. The van der Waals surface area contributed by atoms with Crippen LogP contribution in [0.3, 0.4) is 0 Å². The van der Waals surface area contributed by atoms with E-state index in [1.807, 2.05) is 0 Å². The summed E-state index contributed by atoms with van der Waals surface area (Å²) in [4.78, 5) is 14.8. The molecule has 1 aliphatic rings. The number of ether oxygens (including phenoxy) is 2. The van der Waals surface area contributed by atoms with Crippen LogP contribution < -0.4 is 9.64 Å². The summed E-state index contributed by atoms with van der Waals surface area (Å²) >= 11 is 4.86. The van der Waals surface area contributed by atoms with Crippen LogP contribution in [0, 0.1) is 5.92 Å². The number of rotatable bonds is 8. The molecule has 0 N–H and O–H groups in total. The van der Waals surface area contributed by atoms with Crippen LogP contribution in [0.2, 0.25) is 0 Å². The summed E-state index contributed by atoms with van der Waals surface area (Å²) < 4.78 is 13.6. The van der Waals surface area contributed by atoms with E-state index in [2.05, 4.69) is 49.4 Å². The first-order valence-electron chi connectivity index (χ1n) is 9.25. The van der Waals surface area contributed by atoms with Gasteiger partial charge in [0.05, 0.1) is 30.5 Å². The van der Waals surface area contributed by atoms with E-state index in [9.17, 15) is 4.79 Å². The Labute approximate surface area is 177 Å². The van der Waals surface area contributed by atoms with Gasteiger partial charge in [0.1, 0.15) is 5.75 Å². The van der Waals surface area contributed by atoms with Gasteiger partial charge in [-0.15, -0.1) is 10.2 Å². The summed E-state index contributed by atoms with van der Waals surface area (Å²) in [5.41, 5.74) is 0.642. The highest BCUT2D eigenvalue weighted by Gasteiger charge is 2.22. The number of thioether (sulfide) groups is 1. The van der Waals surface area contributed by atoms with Crippen LogP contribution in [0.4, 0.5) is 5.95 Å². The van der Waals surface area contributed by atoms with Crippen molar-refractivity contribution >= 4 is 39.4 Å². The zero-order valence-electron chi connectivity index (χ0n) is 16.4. The van der Waals surface area contributed by atoms with Gasteiger partial charge in [-0.1, -0.05) is 25.6 Å². The van der Waals surface area contributed by atoms with Gasteiger partial charge < -0.3 is 14.4 Å². The zero-order valence-corrected chi connectivity index (χ0v) is 18.8. The van der Waals surface area contributed by atoms with Crippen molar-refractivity contribution in [3.8, 4) is 5.75 Å². The molecule has 0 unspecified atom stereocenters. The molecule has 0 amide bonds. The van der Waals surface area contributed by atoms with Crippen molar-refractivity contribution in [1.29, 1.82) is 0 Å². The summed E-state index contributed by atoms with van der Waals surface area (Å²) in [5.74, 6) is 2.36. The maximum atomic E-state index is 12.6. The first kappa shape index (κ1) is 21.1. The summed E-state index contributed by atoms with van der Waals surface area (Å²) in [5, 5.41) is 9.55. The lowest BCUT2D eigenvalue weighted by atomic mass is 10.1. The summed E-state index contributed by atoms with van der Waals surface area (Å²) in [7, 11) is 1.60. The average molecular weight is 469 g/mol. The van der Waals surface area contributed by atoms with E-state index in [4.69, 9.17) is 9.47 Å². The highest BCUT2D eigenvalue weighted by atomic mass is 79.9. The monoisotopic (exact) mass is 468 g/mol. The number of hydrogen-bond donors (Lipinski definition) is 0. The molecule has 1 aliphatic heterocycles. The minimum Gasteiger partial charge on any atom is -0.496 e. The Bertz CT molecular complexity index is 822. The van der Waals surface area contributed by atoms with Crippen molar-refractivity contribution in [2.75, 3.05) is 44.1 Å². The quantitative estimate of drug-likeness (QED) is 0.433. The lowest BCUT2D eigenvalue weighted by Crippen LogP contribution is -2.38. The van der Waals surface area contributed by atoms with Gasteiger partial charge in [0.2, 0.25) is 5.95 Å². The summed E-state index contributed by atoms with van der Waals surface area (Å²) in [6.45, 7) is 8.14. The molecule has 7 nitrogen and oxygen atoms in total. The number of benzene rings is 1. The van der Waals surface area contributed by atoms with Gasteiger partial charge in [-0.05, 0) is 40.0 Å². The van der Waals surface area contributed by atoms with Crippen molar-refractivity contribution in [2.24, 2.45) is 5.92 Å². The number of hydrogen-bond acceptors (Lipinski definition) is 7. The predicted octanol–water partition coefficient (Wildman–Crippen LogP) is 3.52. The Morgan fingerprint density at radius 1 is 1.32 bits per heavy atom. The number of Topliss-reactive ketones (excluding diaryl/α,β-unsaturated/α-hetero) is 1. The van der Waals surface area contributed by atoms with Crippen LogP contribution in [0.1, 0.15) is 24.2 Å². The van der Waals surface area contributed by atoms with E-state index in [-0.39, 0.29) is 5.78 Å². The lowest BCUT2D eigenvalue weighted by Gasteiger charge is -2.28. The molecule has 2 heterocycles. The molecule has 2 aromatic rings. The molecular formula is C19H25BrN4O3S. The zero-order chi connectivity index (χ0) is 20.1. The fourth-order valence-electron chi connectivity index (χ4n) is 2.96. The predicted molar refractivity (Wildman–Crippen MR) is 114 cm³/mol. The molecule has 0 atom stereocenters.